The van der Waals surface area contributed by atoms with Crippen LogP contribution in [0.1, 0.15) is 16.8 Å². The summed E-state index contributed by atoms with van der Waals surface area (Å²) in [6.45, 7) is 0.806. The standard InChI is InChI=1S/C13H13N3O3S/c17-11-3-8(4-14-11)6-19-13(18)10-5-15-16-12(10)9-1-2-20-7-9/h1-2,5,7-8H,3-4,6H2,(H,14,17)(H,15,16). The third kappa shape index (κ3) is 2.57. The number of carbonyl (C=O) groups excluding carboxylic acids is 2. The molecule has 0 aliphatic carbocycles. The van der Waals surface area contributed by atoms with Gasteiger partial charge in [-0.15, -0.1) is 0 Å². The van der Waals surface area contributed by atoms with Crippen molar-refractivity contribution in [2.45, 2.75) is 6.42 Å². The van der Waals surface area contributed by atoms with E-state index in [4.69, 9.17) is 4.74 Å². The highest BCUT2D eigenvalue weighted by molar-refractivity contribution is 7.08. The third-order valence-electron chi connectivity index (χ3n) is 3.18. The number of nitrogens with one attached hydrogen (secondary N) is 2. The van der Waals surface area contributed by atoms with Crippen LogP contribution in [0.2, 0.25) is 0 Å². The second-order valence-corrected chi connectivity index (χ2v) is 5.42. The van der Waals surface area contributed by atoms with E-state index in [-0.39, 0.29) is 18.4 Å². The minimum absolute atomic E-state index is 0.00771. The first-order valence-corrected chi connectivity index (χ1v) is 7.18. The number of hydrogen-bond acceptors (Lipinski definition) is 5. The molecule has 0 saturated carbocycles. The van der Waals surface area contributed by atoms with Gasteiger partial charge in [0, 0.05) is 29.8 Å². The van der Waals surface area contributed by atoms with Crippen LogP contribution in [0.4, 0.5) is 0 Å². The number of nitrogens with zero attached hydrogens (tertiary/aromatic N) is 1. The van der Waals surface area contributed by atoms with Gasteiger partial charge in [-0.05, 0) is 11.4 Å². The van der Waals surface area contributed by atoms with Crippen LogP contribution >= 0.6 is 11.3 Å². The predicted octanol–water partition coefficient (Wildman–Crippen LogP) is 1.43. The molecule has 2 aromatic heterocycles. The number of rotatable bonds is 4. The van der Waals surface area contributed by atoms with Gasteiger partial charge in [0.15, 0.2) is 0 Å². The molecule has 0 radical (unpaired) electrons. The zero-order chi connectivity index (χ0) is 13.9. The fourth-order valence-electron chi connectivity index (χ4n) is 2.12. The molecule has 1 aliphatic rings. The van der Waals surface area contributed by atoms with Crippen LogP contribution in [-0.4, -0.2) is 35.2 Å². The summed E-state index contributed by atoms with van der Waals surface area (Å²) in [7, 11) is 0. The highest BCUT2D eigenvalue weighted by atomic mass is 32.1. The Kier molecular flexibility index (Phi) is 3.51. The van der Waals surface area contributed by atoms with E-state index in [0.29, 0.717) is 24.2 Å². The molecule has 3 heterocycles. The van der Waals surface area contributed by atoms with E-state index in [1.807, 2.05) is 16.8 Å². The number of ether oxygens (including phenoxy) is 1. The van der Waals surface area contributed by atoms with Crippen molar-refractivity contribution in [3.05, 3.63) is 28.6 Å². The number of aromatic amines is 1. The van der Waals surface area contributed by atoms with Crippen molar-refractivity contribution in [1.29, 1.82) is 0 Å². The van der Waals surface area contributed by atoms with Crippen molar-refractivity contribution in [3.8, 4) is 11.3 Å². The molecule has 1 atom stereocenters. The van der Waals surface area contributed by atoms with E-state index in [2.05, 4.69) is 15.5 Å². The number of hydrogen-bond donors (Lipinski definition) is 2. The Bertz CT molecular complexity index is 621. The van der Waals surface area contributed by atoms with Crippen LogP contribution in [0.3, 0.4) is 0 Å². The van der Waals surface area contributed by atoms with Crippen molar-refractivity contribution >= 4 is 23.2 Å². The Morgan fingerprint density at radius 3 is 3.15 bits per heavy atom. The van der Waals surface area contributed by atoms with Crippen LogP contribution in [0.15, 0.2) is 23.0 Å². The molecule has 0 aromatic carbocycles. The normalized spacial score (nSPS) is 18.0. The molecule has 1 unspecified atom stereocenters. The number of H-pyrrole nitrogens is 1. The number of aromatic nitrogens is 2. The van der Waals surface area contributed by atoms with E-state index in [1.165, 1.54) is 6.20 Å². The van der Waals surface area contributed by atoms with Crippen molar-refractivity contribution in [3.63, 3.8) is 0 Å². The first kappa shape index (κ1) is 12.9. The van der Waals surface area contributed by atoms with E-state index in [0.717, 1.165) is 5.56 Å². The van der Waals surface area contributed by atoms with Crippen molar-refractivity contribution in [1.82, 2.24) is 15.5 Å². The van der Waals surface area contributed by atoms with Gasteiger partial charge in [-0.25, -0.2) is 4.79 Å². The molecular weight excluding hydrogens is 278 g/mol. The van der Waals surface area contributed by atoms with Gasteiger partial charge < -0.3 is 10.1 Å². The molecular formula is C13H13N3O3S. The van der Waals surface area contributed by atoms with Crippen molar-refractivity contribution < 1.29 is 14.3 Å². The first-order valence-electron chi connectivity index (χ1n) is 6.24. The van der Waals surface area contributed by atoms with Gasteiger partial charge in [0.05, 0.1) is 18.5 Å². The lowest BCUT2D eigenvalue weighted by molar-refractivity contribution is -0.119. The Morgan fingerprint density at radius 1 is 1.55 bits per heavy atom. The molecule has 1 amide bonds. The minimum atomic E-state index is -0.417. The maximum atomic E-state index is 12.1. The molecule has 6 nitrogen and oxygen atoms in total. The lowest BCUT2D eigenvalue weighted by Crippen LogP contribution is -2.17. The molecule has 0 bridgehead atoms. The summed E-state index contributed by atoms with van der Waals surface area (Å²) in [4.78, 5) is 23.1. The van der Waals surface area contributed by atoms with E-state index in [1.54, 1.807) is 11.3 Å². The number of thiophene rings is 1. The van der Waals surface area contributed by atoms with E-state index >= 15 is 0 Å². The number of carbonyl (C=O) groups is 2. The Morgan fingerprint density at radius 2 is 2.45 bits per heavy atom. The summed E-state index contributed by atoms with van der Waals surface area (Å²) in [5.41, 5.74) is 2.00. The Balaban J connectivity index is 1.66. The van der Waals surface area contributed by atoms with E-state index in [9.17, 15) is 9.59 Å². The summed E-state index contributed by atoms with van der Waals surface area (Å²) in [6, 6.07) is 1.91. The summed E-state index contributed by atoms with van der Waals surface area (Å²) in [6.07, 6.45) is 1.88. The zero-order valence-corrected chi connectivity index (χ0v) is 11.4. The smallest absolute Gasteiger partial charge is 0.341 e. The van der Waals surface area contributed by atoms with Gasteiger partial charge in [0.25, 0.3) is 0 Å². The summed E-state index contributed by atoms with van der Waals surface area (Å²) < 4.78 is 5.27. The molecule has 2 N–H and O–H groups in total. The van der Waals surface area contributed by atoms with Crippen LogP contribution in [0.5, 0.6) is 0 Å². The third-order valence-corrected chi connectivity index (χ3v) is 3.86. The molecule has 1 fully saturated rings. The fourth-order valence-corrected chi connectivity index (χ4v) is 2.77. The number of amides is 1. The SMILES string of the molecule is O=C1CC(COC(=O)c2cn[nH]c2-c2ccsc2)CN1. The molecule has 20 heavy (non-hydrogen) atoms. The van der Waals surface area contributed by atoms with Gasteiger partial charge in [-0.2, -0.15) is 16.4 Å². The van der Waals surface area contributed by atoms with Crippen LogP contribution in [0, 0.1) is 5.92 Å². The molecule has 0 spiro atoms. The first-order chi connectivity index (χ1) is 9.74. The lowest BCUT2D eigenvalue weighted by Gasteiger charge is -2.08. The molecule has 104 valence electrons. The van der Waals surface area contributed by atoms with Crippen LogP contribution in [-0.2, 0) is 9.53 Å². The quantitative estimate of drug-likeness (QED) is 0.835. The molecule has 2 aromatic rings. The average Bonchev–Trinajstić information content (AvgIpc) is 3.16. The maximum absolute atomic E-state index is 12.1. The Hall–Kier alpha value is -2.15. The lowest BCUT2D eigenvalue weighted by atomic mass is 10.1. The predicted molar refractivity (Wildman–Crippen MR) is 73.3 cm³/mol. The zero-order valence-electron chi connectivity index (χ0n) is 10.6. The summed E-state index contributed by atoms with van der Waals surface area (Å²) in [5.74, 6) is -0.351. The van der Waals surface area contributed by atoms with Crippen molar-refractivity contribution in [2.75, 3.05) is 13.2 Å². The maximum Gasteiger partial charge on any atom is 0.341 e. The summed E-state index contributed by atoms with van der Waals surface area (Å²) >= 11 is 1.55. The van der Waals surface area contributed by atoms with E-state index < -0.39 is 5.97 Å². The van der Waals surface area contributed by atoms with Crippen molar-refractivity contribution in [2.24, 2.45) is 5.92 Å². The second kappa shape index (κ2) is 5.46. The van der Waals surface area contributed by atoms with Crippen LogP contribution in [0.25, 0.3) is 11.3 Å². The molecule has 1 saturated heterocycles. The molecule has 1 aliphatic heterocycles. The fraction of sp³-hybridized carbons (Fsp3) is 0.308. The molecule has 3 rings (SSSR count). The highest BCUT2D eigenvalue weighted by Gasteiger charge is 2.24. The number of esters is 1. The summed E-state index contributed by atoms with van der Waals surface area (Å²) in [5, 5.41) is 13.3. The topological polar surface area (TPSA) is 84.1 Å². The van der Waals surface area contributed by atoms with Crippen LogP contribution < -0.4 is 5.32 Å². The van der Waals surface area contributed by atoms with Gasteiger partial charge in [0.2, 0.25) is 5.91 Å². The average molecular weight is 291 g/mol. The van der Waals surface area contributed by atoms with Gasteiger partial charge in [-0.3, -0.25) is 9.89 Å². The Labute approximate surface area is 119 Å². The molecule has 7 heteroatoms. The highest BCUT2D eigenvalue weighted by Crippen LogP contribution is 2.24. The minimum Gasteiger partial charge on any atom is -0.462 e. The van der Waals surface area contributed by atoms with Gasteiger partial charge in [-0.1, -0.05) is 0 Å². The second-order valence-electron chi connectivity index (χ2n) is 4.64. The van der Waals surface area contributed by atoms with Gasteiger partial charge in [0.1, 0.15) is 5.56 Å². The largest absolute Gasteiger partial charge is 0.462 e. The van der Waals surface area contributed by atoms with Gasteiger partial charge >= 0.3 is 5.97 Å². The monoisotopic (exact) mass is 291 g/mol.